The Kier molecular flexibility index (Phi) is 6.23. The summed E-state index contributed by atoms with van der Waals surface area (Å²) >= 11 is 7.32. The van der Waals surface area contributed by atoms with Gasteiger partial charge in [-0.2, -0.15) is 0 Å². The molecule has 0 spiro atoms. The van der Waals surface area contributed by atoms with E-state index in [1.807, 2.05) is 0 Å². The zero-order valence-corrected chi connectivity index (χ0v) is 16.6. The number of nitrogens with zero attached hydrogens (tertiary/aromatic N) is 1. The molecule has 0 fully saturated rings. The largest absolute Gasteiger partial charge is 0.459 e. The number of rotatable bonds is 6. The number of H-pyrrole nitrogens is 1. The van der Waals surface area contributed by atoms with E-state index in [1.54, 1.807) is 19.1 Å². The third kappa shape index (κ3) is 4.30. The van der Waals surface area contributed by atoms with Crippen molar-refractivity contribution in [2.75, 3.05) is 20.3 Å². The van der Waals surface area contributed by atoms with E-state index in [9.17, 15) is 14.0 Å². The van der Waals surface area contributed by atoms with Gasteiger partial charge in [-0.25, -0.2) is 14.2 Å². The normalized spacial score (nSPS) is 11.8. The number of ether oxygens (including phenoxy) is 2. The summed E-state index contributed by atoms with van der Waals surface area (Å²) in [5.41, 5.74) is 0.598. The number of thiophene rings is 1. The highest BCUT2D eigenvalue weighted by Crippen LogP contribution is 2.29. The second-order valence-corrected chi connectivity index (χ2v) is 7.23. The van der Waals surface area contributed by atoms with E-state index in [-0.39, 0.29) is 24.1 Å². The number of halogens is 2. The molecule has 0 aliphatic rings. The molecule has 2 aromatic heterocycles. The Morgan fingerprint density at radius 1 is 1.39 bits per heavy atom. The number of aromatic amines is 1. The minimum absolute atomic E-state index is 0.111. The first-order valence-corrected chi connectivity index (χ1v) is 9.42. The Bertz CT molecular complexity index is 1120. The molecule has 1 N–H and O–H groups in total. The van der Waals surface area contributed by atoms with Crippen molar-refractivity contribution in [2.24, 2.45) is 0 Å². The number of methoxy groups -OCH3 is 1. The van der Waals surface area contributed by atoms with E-state index in [0.29, 0.717) is 26.2 Å². The smallest absolute Gasteiger partial charge is 0.348 e. The van der Waals surface area contributed by atoms with Crippen LogP contribution in [0.15, 0.2) is 29.1 Å². The lowest BCUT2D eigenvalue weighted by Crippen LogP contribution is -2.11. The molecule has 0 radical (unpaired) electrons. The third-order valence-electron chi connectivity index (χ3n) is 3.87. The second kappa shape index (κ2) is 8.64. The predicted octanol–water partition coefficient (Wildman–Crippen LogP) is 3.97. The van der Waals surface area contributed by atoms with Crippen LogP contribution in [0.1, 0.15) is 26.6 Å². The molecule has 3 rings (SSSR count). The molecule has 0 aliphatic carbocycles. The maximum Gasteiger partial charge on any atom is 0.348 e. The monoisotopic (exact) mass is 422 g/mol. The van der Waals surface area contributed by atoms with Crippen molar-refractivity contribution in [3.05, 3.63) is 62.3 Å². The van der Waals surface area contributed by atoms with Crippen LogP contribution in [0, 0.1) is 12.7 Å². The molecule has 9 heteroatoms. The van der Waals surface area contributed by atoms with Gasteiger partial charge in [0.2, 0.25) is 0 Å². The van der Waals surface area contributed by atoms with Crippen LogP contribution in [0.3, 0.4) is 0 Å². The highest BCUT2D eigenvalue weighted by atomic mass is 35.5. The summed E-state index contributed by atoms with van der Waals surface area (Å²) in [5, 5.41) is 0.447. The Hall–Kier alpha value is -2.55. The standard InChI is InChI=1S/C19H16ClFN2O4S/c1-10-14-17(24)22-16(13(20)9-11-4-3-5-12(21)8-11)23-18(14)28-15(10)19(25)27-7-6-26-2/h3-5,8-9H,6-7H2,1-2H3,(H,22,23,24)/b13-9-. The predicted molar refractivity (Wildman–Crippen MR) is 107 cm³/mol. The number of aryl methyl sites for hydroxylation is 1. The molecule has 0 aliphatic heterocycles. The number of esters is 1. The van der Waals surface area contributed by atoms with E-state index in [4.69, 9.17) is 21.1 Å². The van der Waals surface area contributed by atoms with Crippen molar-refractivity contribution < 1.29 is 18.7 Å². The Morgan fingerprint density at radius 2 is 2.18 bits per heavy atom. The number of carbonyl (C=O) groups excluding carboxylic acids is 1. The molecule has 2 heterocycles. The topological polar surface area (TPSA) is 81.3 Å². The lowest BCUT2D eigenvalue weighted by atomic mass is 10.2. The van der Waals surface area contributed by atoms with Crippen LogP contribution in [0.4, 0.5) is 4.39 Å². The van der Waals surface area contributed by atoms with Crippen molar-refractivity contribution in [2.45, 2.75) is 6.92 Å². The van der Waals surface area contributed by atoms with Gasteiger partial charge in [-0.3, -0.25) is 4.79 Å². The second-order valence-electron chi connectivity index (χ2n) is 5.83. The molecule has 0 atom stereocenters. The lowest BCUT2D eigenvalue weighted by molar-refractivity contribution is 0.0393. The van der Waals surface area contributed by atoms with Gasteiger partial charge in [0.05, 0.1) is 17.0 Å². The van der Waals surface area contributed by atoms with Crippen molar-refractivity contribution in [1.82, 2.24) is 9.97 Å². The van der Waals surface area contributed by atoms with Gasteiger partial charge in [-0.1, -0.05) is 23.7 Å². The summed E-state index contributed by atoms with van der Waals surface area (Å²) in [6.07, 6.45) is 1.50. The van der Waals surface area contributed by atoms with Gasteiger partial charge in [-0.15, -0.1) is 11.3 Å². The summed E-state index contributed by atoms with van der Waals surface area (Å²) < 4.78 is 23.3. The number of fused-ring (bicyclic) bond motifs is 1. The van der Waals surface area contributed by atoms with Gasteiger partial charge in [0, 0.05) is 7.11 Å². The molecule has 0 amide bonds. The van der Waals surface area contributed by atoms with Crippen LogP contribution in [0.25, 0.3) is 21.3 Å². The fourth-order valence-corrected chi connectivity index (χ4v) is 3.84. The molecule has 1 aromatic carbocycles. The number of hydrogen-bond acceptors (Lipinski definition) is 6. The fourth-order valence-electron chi connectivity index (χ4n) is 2.55. The van der Waals surface area contributed by atoms with Crippen LogP contribution in [0.2, 0.25) is 0 Å². The van der Waals surface area contributed by atoms with E-state index in [1.165, 1.54) is 25.3 Å². The Balaban J connectivity index is 1.98. The zero-order valence-electron chi connectivity index (χ0n) is 15.0. The van der Waals surface area contributed by atoms with Crippen LogP contribution >= 0.6 is 22.9 Å². The van der Waals surface area contributed by atoms with Crippen LogP contribution < -0.4 is 5.56 Å². The molecular formula is C19H16ClFN2O4S. The maximum absolute atomic E-state index is 13.3. The first kappa shape index (κ1) is 20.2. The van der Waals surface area contributed by atoms with Gasteiger partial charge in [0.15, 0.2) is 5.82 Å². The third-order valence-corrected chi connectivity index (χ3v) is 5.33. The minimum atomic E-state index is -0.542. The lowest BCUT2D eigenvalue weighted by Gasteiger charge is -2.02. The average Bonchev–Trinajstić information content (AvgIpc) is 2.99. The molecular weight excluding hydrogens is 407 g/mol. The van der Waals surface area contributed by atoms with E-state index >= 15 is 0 Å². The average molecular weight is 423 g/mol. The van der Waals surface area contributed by atoms with Crippen LogP contribution in [-0.2, 0) is 9.47 Å². The van der Waals surface area contributed by atoms with Gasteiger partial charge in [0.25, 0.3) is 5.56 Å². The SMILES string of the molecule is COCCOC(=O)c1sc2nc(/C(Cl)=C/c3cccc(F)c3)[nH]c(=O)c2c1C. The summed E-state index contributed by atoms with van der Waals surface area (Å²) in [5.74, 6) is -0.815. The Morgan fingerprint density at radius 3 is 2.89 bits per heavy atom. The molecule has 3 aromatic rings. The molecule has 28 heavy (non-hydrogen) atoms. The van der Waals surface area contributed by atoms with Crippen LogP contribution in [0.5, 0.6) is 0 Å². The van der Waals surface area contributed by atoms with E-state index < -0.39 is 17.3 Å². The van der Waals surface area contributed by atoms with Crippen molar-refractivity contribution in [1.29, 1.82) is 0 Å². The maximum atomic E-state index is 13.3. The van der Waals surface area contributed by atoms with Gasteiger partial charge < -0.3 is 14.5 Å². The van der Waals surface area contributed by atoms with Gasteiger partial charge in [0.1, 0.15) is 22.1 Å². The van der Waals surface area contributed by atoms with Crippen molar-refractivity contribution in [3.63, 3.8) is 0 Å². The zero-order chi connectivity index (χ0) is 20.3. The minimum Gasteiger partial charge on any atom is -0.459 e. The molecule has 0 bridgehead atoms. The van der Waals surface area contributed by atoms with Crippen molar-refractivity contribution in [3.8, 4) is 0 Å². The Labute approximate surface area is 168 Å². The first-order valence-electron chi connectivity index (χ1n) is 8.23. The molecule has 6 nitrogen and oxygen atoms in total. The fraction of sp³-hybridized carbons (Fsp3) is 0.211. The number of nitrogens with one attached hydrogen (secondary N) is 1. The molecule has 0 saturated heterocycles. The van der Waals surface area contributed by atoms with E-state index in [0.717, 1.165) is 11.3 Å². The van der Waals surface area contributed by atoms with E-state index in [2.05, 4.69) is 9.97 Å². The number of benzene rings is 1. The highest BCUT2D eigenvalue weighted by molar-refractivity contribution is 7.20. The molecule has 0 unspecified atom stereocenters. The van der Waals surface area contributed by atoms with Gasteiger partial charge >= 0.3 is 5.97 Å². The van der Waals surface area contributed by atoms with Crippen LogP contribution in [-0.4, -0.2) is 36.3 Å². The van der Waals surface area contributed by atoms with Crippen molar-refractivity contribution >= 4 is 50.2 Å². The van der Waals surface area contributed by atoms with Gasteiger partial charge in [-0.05, 0) is 36.3 Å². The molecule has 0 saturated carbocycles. The first-order chi connectivity index (χ1) is 13.4. The summed E-state index contributed by atoms with van der Waals surface area (Å²) in [4.78, 5) is 32.4. The summed E-state index contributed by atoms with van der Waals surface area (Å²) in [6.45, 7) is 2.05. The number of carbonyl (C=O) groups is 1. The highest BCUT2D eigenvalue weighted by Gasteiger charge is 2.21. The number of aromatic nitrogens is 2. The quantitative estimate of drug-likeness (QED) is 0.480. The summed E-state index contributed by atoms with van der Waals surface area (Å²) in [7, 11) is 1.50. The molecule has 146 valence electrons. The number of hydrogen-bond donors (Lipinski definition) is 1. The summed E-state index contributed by atoms with van der Waals surface area (Å²) in [6, 6.07) is 5.85.